The number of hydrogen-bond acceptors (Lipinski definition) is 4. The molecular weight excluding hydrogens is 242 g/mol. The number of rotatable bonds is 4. The number of anilines is 1. The van der Waals surface area contributed by atoms with Gasteiger partial charge in [-0.25, -0.2) is 9.97 Å². The largest absolute Gasteiger partial charge is 0.481 e. The van der Waals surface area contributed by atoms with E-state index < -0.39 is 5.97 Å². The zero-order valence-electron chi connectivity index (χ0n) is 11.2. The molecule has 1 saturated carbocycles. The first kappa shape index (κ1) is 12.4. The molecule has 0 aromatic carbocycles. The number of carboxylic acid groups (broad SMARTS) is 1. The van der Waals surface area contributed by atoms with Crippen LogP contribution in [0.3, 0.4) is 0 Å². The number of aryl methyl sites for hydroxylation is 1. The monoisotopic (exact) mass is 261 g/mol. The smallest absolute Gasteiger partial charge is 0.308 e. The van der Waals surface area contributed by atoms with Crippen LogP contribution in [0.5, 0.6) is 0 Å². The van der Waals surface area contributed by atoms with E-state index in [0.29, 0.717) is 18.9 Å². The molecule has 102 valence electrons. The van der Waals surface area contributed by atoms with Crippen LogP contribution in [0.15, 0.2) is 6.07 Å². The van der Waals surface area contributed by atoms with Gasteiger partial charge in [0.05, 0.1) is 5.92 Å². The number of carbonyl (C=O) groups is 1. The van der Waals surface area contributed by atoms with Crippen LogP contribution in [0.2, 0.25) is 0 Å². The van der Waals surface area contributed by atoms with E-state index in [1.807, 2.05) is 6.07 Å². The summed E-state index contributed by atoms with van der Waals surface area (Å²) in [5.41, 5.74) is 1.06. The number of nitrogens with zero attached hydrogens (tertiary/aromatic N) is 3. The van der Waals surface area contributed by atoms with E-state index in [4.69, 9.17) is 5.11 Å². The summed E-state index contributed by atoms with van der Waals surface area (Å²) in [6, 6.07) is 2.01. The summed E-state index contributed by atoms with van der Waals surface area (Å²) in [7, 11) is 0. The third-order valence-electron chi connectivity index (χ3n) is 3.95. The van der Waals surface area contributed by atoms with E-state index in [1.54, 1.807) is 0 Å². The summed E-state index contributed by atoms with van der Waals surface area (Å²) in [5.74, 6) is 1.44. The normalized spacial score (nSPS) is 22.8. The van der Waals surface area contributed by atoms with Crippen LogP contribution in [0.4, 0.5) is 5.82 Å². The molecule has 0 bridgehead atoms. The lowest BCUT2D eigenvalue weighted by molar-refractivity contribution is -0.140. The van der Waals surface area contributed by atoms with Gasteiger partial charge in [-0.05, 0) is 25.7 Å². The zero-order chi connectivity index (χ0) is 13.4. The summed E-state index contributed by atoms with van der Waals surface area (Å²) >= 11 is 0. The first-order valence-electron chi connectivity index (χ1n) is 7.03. The van der Waals surface area contributed by atoms with Gasteiger partial charge < -0.3 is 10.0 Å². The van der Waals surface area contributed by atoms with Gasteiger partial charge in [-0.2, -0.15) is 0 Å². The van der Waals surface area contributed by atoms with Crippen molar-refractivity contribution in [2.75, 3.05) is 18.0 Å². The molecule has 0 amide bonds. The number of carboxylic acids is 1. The zero-order valence-corrected chi connectivity index (χ0v) is 11.2. The van der Waals surface area contributed by atoms with Gasteiger partial charge in [-0.3, -0.25) is 4.79 Å². The van der Waals surface area contributed by atoms with Crippen molar-refractivity contribution in [1.29, 1.82) is 0 Å². The number of aliphatic carboxylic acids is 1. The average Bonchev–Trinajstić information content (AvgIpc) is 3.14. The fourth-order valence-electron chi connectivity index (χ4n) is 2.54. The molecule has 1 N–H and O–H groups in total. The van der Waals surface area contributed by atoms with Gasteiger partial charge in [0.25, 0.3) is 0 Å². The second kappa shape index (κ2) is 4.79. The molecule has 0 unspecified atom stereocenters. The first-order chi connectivity index (χ1) is 9.17. The van der Waals surface area contributed by atoms with Crippen LogP contribution in [0.25, 0.3) is 0 Å². The summed E-state index contributed by atoms with van der Waals surface area (Å²) in [6.07, 6.45) is 3.97. The molecule has 1 aromatic heterocycles. The van der Waals surface area contributed by atoms with Gasteiger partial charge in [0.15, 0.2) is 0 Å². The fraction of sp³-hybridized carbons (Fsp3) is 0.643. The summed E-state index contributed by atoms with van der Waals surface area (Å²) in [6.45, 7) is 3.44. The Hall–Kier alpha value is -1.65. The van der Waals surface area contributed by atoms with Gasteiger partial charge in [0, 0.05) is 30.8 Å². The lowest BCUT2D eigenvalue weighted by atomic mass is 10.1. The lowest BCUT2D eigenvalue weighted by Crippen LogP contribution is -2.24. The maximum atomic E-state index is 11.0. The van der Waals surface area contributed by atoms with Crippen LogP contribution in [0.1, 0.15) is 43.6 Å². The minimum atomic E-state index is -0.699. The van der Waals surface area contributed by atoms with E-state index >= 15 is 0 Å². The van der Waals surface area contributed by atoms with Crippen LogP contribution in [0, 0.1) is 5.92 Å². The topological polar surface area (TPSA) is 66.3 Å². The van der Waals surface area contributed by atoms with E-state index in [-0.39, 0.29) is 5.92 Å². The molecular formula is C14H19N3O2. The van der Waals surface area contributed by atoms with E-state index in [1.165, 1.54) is 12.8 Å². The molecule has 2 fully saturated rings. The molecule has 5 nitrogen and oxygen atoms in total. The molecule has 5 heteroatoms. The predicted octanol–water partition coefficient (Wildman–Crippen LogP) is 1.83. The highest BCUT2D eigenvalue weighted by molar-refractivity contribution is 5.71. The van der Waals surface area contributed by atoms with E-state index in [0.717, 1.165) is 30.3 Å². The highest BCUT2D eigenvalue weighted by Gasteiger charge is 2.31. The Kier molecular flexibility index (Phi) is 3.12. The van der Waals surface area contributed by atoms with E-state index in [2.05, 4.69) is 21.8 Å². The van der Waals surface area contributed by atoms with Crippen molar-refractivity contribution in [1.82, 2.24) is 9.97 Å². The third-order valence-corrected chi connectivity index (χ3v) is 3.95. The van der Waals surface area contributed by atoms with Crippen LogP contribution < -0.4 is 4.90 Å². The minimum absolute atomic E-state index is 0.260. The lowest BCUT2D eigenvalue weighted by Gasteiger charge is -2.18. The summed E-state index contributed by atoms with van der Waals surface area (Å²) < 4.78 is 0. The molecule has 0 spiro atoms. The van der Waals surface area contributed by atoms with Crippen molar-refractivity contribution in [3.8, 4) is 0 Å². The van der Waals surface area contributed by atoms with Crippen molar-refractivity contribution in [2.24, 2.45) is 5.92 Å². The fourth-order valence-corrected chi connectivity index (χ4v) is 2.54. The van der Waals surface area contributed by atoms with Crippen molar-refractivity contribution < 1.29 is 9.90 Å². The highest BCUT2D eigenvalue weighted by atomic mass is 16.4. The van der Waals surface area contributed by atoms with Gasteiger partial charge >= 0.3 is 5.97 Å². The van der Waals surface area contributed by atoms with Crippen molar-refractivity contribution in [2.45, 2.75) is 38.5 Å². The molecule has 3 rings (SSSR count). The molecule has 1 atom stereocenters. The molecule has 1 aliphatic carbocycles. The van der Waals surface area contributed by atoms with Crippen molar-refractivity contribution in [3.63, 3.8) is 0 Å². The second-order valence-electron chi connectivity index (χ2n) is 5.47. The van der Waals surface area contributed by atoms with Crippen LogP contribution >= 0.6 is 0 Å². The summed E-state index contributed by atoms with van der Waals surface area (Å²) in [5, 5.41) is 9.07. The van der Waals surface area contributed by atoms with Gasteiger partial charge in [0.1, 0.15) is 11.6 Å². The Morgan fingerprint density at radius 1 is 1.42 bits per heavy atom. The van der Waals surface area contributed by atoms with Gasteiger partial charge in [-0.1, -0.05) is 6.92 Å². The first-order valence-corrected chi connectivity index (χ1v) is 7.03. The highest BCUT2D eigenvalue weighted by Crippen LogP contribution is 2.39. The number of hydrogen-bond donors (Lipinski definition) is 1. The molecule has 1 saturated heterocycles. The molecule has 2 heterocycles. The SMILES string of the molecule is CCc1cc(N2CC[C@@H](C(=O)O)C2)nc(C2CC2)n1. The predicted molar refractivity (Wildman–Crippen MR) is 71.3 cm³/mol. The maximum Gasteiger partial charge on any atom is 0.308 e. The Labute approximate surface area is 112 Å². The Morgan fingerprint density at radius 2 is 2.21 bits per heavy atom. The van der Waals surface area contributed by atoms with Crippen LogP contribution in [-0.4, -0.2) is 34.1 Å². The second-order valence-corrected chi connectivity index (χ2v) is 5.47. The summed E-state index contributed by atoms with van der Waals surface area (Å²) in [4.78, 5) is 22.3. The quantitative estimate of drug-likeness (QED) is 0.895. The Bertz CT molecular complexity index is 499. The third kappa shape index (κ3) is 2.55. The number of aromatic nitrogens is 2. The van der Waals surface area contributed by atoms with Gasteiger partial charge in [-0.15, -0.1) is 0 Å². The Morgan fingerprint density at radius 3 is 2.79 bits per heavy atom. The van der Waals surface area contributed by atoms with Crippen molar-refractivity contribution >= 4 is 11.8 Å². The van der Waals surface area contributed by atoms with Gasteiger partial charge in [0.2, 0.25) is 0 Å². The molecule has 0 radical (unpaired) electrons. The Balaban J connectivity index is 1.83. The standard InChI is InChI=1S/C14H19N3O2/c1-2-11-7-12(16-13(15-11)9-3-4-9)17-6-5-10(8-17)14(18)19/h7,9-10H,2-6,8H2,1H3,(H,18,19)/t10-/m1/s1. The van der Waals surface area contributed by atoms with Crippen LogP contribution in [-0.2, 0) is 11.2 Å². The molecule has 1 aromatic rings. The van der Waals surface area contributed by atoms with E-state index in [9.17, 15) is 4.79 Å². The molecule has 19 heavy (non-hydrogen) atoms. The molecule has 1 aliphatic heterocycles. The maximum absolute atomic E-state index is 11.0. The average molecular weight is 261 g/mol. The van der Waals surface area contributed by atoms with Crippen molar-refractivity contribution in [3.05, 3.63) is 17.6 Å². The molecule has 2 aliphatic rings. The minimum Gasteiger partial charge on any atom is -0.481 e.